The molecule has 4 atom stereocenters. The molecule has 0 saturated heterocycles. The normalized spacial score (nSPS) is 22.3. The minimum absolute atomic E-state index is 0.00109. The lowest BCUT2D eigenvalue weighted by atomic mass is 9.72. The highest BCUT2D eigenvalue weighted by Gasteiger charge is 2.61. The van der Waals surface area contributed by atoms with Crippen LogP contribution < -0.4 is 20.7 Å². The second kappa shape index (κ2) is 11.2. The van der Waals surface area contributed by atoms with Crippen molar-refractivity contribution in [1.29, 1.82) is 0 Å². The maximum Gasteiger partial charge on any atom is 0.408 e. The van der Waals surface area contributed by atoms with E-state index in [0.717, 1.165) is 33.5 Å². The first-order valence-electron chi connectivity index (χ1n) is 15.2. The Kier molecular flexibility index (Phi) is 7.18. The van der Waals surface area contributed by atoms with Crippen LogP contribution in [0.3, 0.4) is 0 Å². The molecule has 0 aliphatic carbocycles. The van der Waals surface area contributed by atoms with E-state index < -0.39 is 41.7 Å². The predicted octanol–water partition coefficient (Wildman–Crippen LogP) is 4.91. The molecule has 7 rings (SSSR count). The van der Waals surface area contributed by atoms with Gasteiger partial charge in [-0.2, -0.15) is 0 Å². The summed E-state index contributed by atoms with van der Waals surface area (Å²) in [6.07, 6.45) is -1.22. The minimum Gasteiger partial charge on any atom is -0.469 e. The number of nitrogens with one attached hydrogen (secondary N) is 3. The van der Waals surface area contributed by atoms with E-state index in [9.17, 15) is 14.4 Å². The third kappa shape index (κ3) is 4.65. The monoisotopic (exact) mass is 622 g/mol. The topological polar surface area (TPSA) is 141 Å². The van der Waals surface area contributed by atoms with E-state index in [-0.39, 0.29) is 36.3 Å². The number of hydrogen-bond donors (Lipinski definition) is 3. The Morgan fingerprint density at radius 3 is 2.63 bits per heavy atom. The largest absolute Gasteiger partial charge is 0.469 e. The summed E-state index contributed by atoms with van der Waals surface area (Å²) in [6, 6.07) is 19.1. The Morgan fingerprint density at radius 2 is 1.87 bits per heavy atom. The summed E-state index contributed by atoms with van der Waals surface area (Å²) in [5.41, 5.74) is 3.95. The predicted molar refractivity (Wildman–Crippen MR) is 166 cm³/mol. The number of aryl methyl sites for hydroxylation is 1. The molecular weight excluding hydrogens is 588 g/mol. The molecule has 11 nitrogen and oxygen atoms in total. The maximum atomic E-state index is 13.9. The molecule has 1 unspecified atom stereocenters. The van der Waals surface area contributed by atoms with Crippen molar-refractivity contribution in [3.05, 3.63) is 112 Å². The molecule has 3 aromatic carbocycles. The van der Waals surface area contributed by atoms with E-state index in [1.54, 1.807) is 0 Å². The van der Waals surface area contributed by atoms with Crippen molar-refractivity contribution in [2.75, 3.05) is 12.4 Å². The highest BCUT2D eigenvalue weighted by atomic mass is 16.5. The molecule has 1 aromatic heterocycles. The molecule has 4 heterocycles. The number of esters is 1. The molecule has 1 spiro atoms. The van der Waals surface area contributed by atoms with E-state index in [1.807, 2.05) is 87.5 Å². The smallest absolute Gasteiger partial charge is 0.408 e. The van der Waals surface area contributed by atoms with Gasteiger partial charge in [-0.15, -0.1) is 0 Å². The standard InChI is InChI=1S/C35H34N4O7/c1-18(2)26-31-38-28(32(41)43-4)29(46-31)35-22-12-8-9-19(3)27(22)39-33(35)45-25-14-13-21(15-23(25)35)16-24(30(40)37-26)36-34(42)44-17-20-10-6-5-7-11-20/h5-15,18,24,26,33,39H,16-17H2,1-4H3,(H,36,42)(H,37,40)/t24-,26-,33?,35-/m0/s1. The summed E-state index contributed by atoms with van der Waals surface area (Å²) < 4.78 is 23.8. The molecule has 3 aliphatic heterocycles. The van der Waals surface area contributed by atoms with Crippen molar-refractivity contribution in [1.82, 2.24) is 15.6 Å². The first kappa shape index (κ1) is 29.4. The van der Waals surface area contributed by atoms with Gasteiger partial charge in [0, 0.05) is 17.7 Å². The van der Waals surface area contributed by atoms with E-state index in [1.165, 1.54) is 7.11 Å². The van der Waals surface area contributed by atoms with Crippen molar-refractivity contribution < 1.29 is 33.0 Å². The number of oxazole rings is 1. The zero-order valence-electron chi connectivity index (χ0n) is 25.9. The van der Waals surface area contributed by atoms with Crippen molar-refractivity contribution in [3.63, 3.8) is 0 Å². The van der Waals surface area contributed by atoms with Crippen LogP contribution in [-0.2, 0) is 32.7 Å². The fraction of sp³-hybridized carbons (Fsp3) is 0.314. The lowest BCUT2D eigenvalue weighted by Gasteiger charge is -2.28. The summed E-state index contributed by atoms with van der Waals surface area (Å²) in [7, 11) is 1.29. The summed E-state index contributed by atoms with van der Waals surface area (Å²) in [4.78, 5) is 44.9. The number of hydrogen-bond acceptors (Lipinski definition) is 9. The molecule has 236 valence electrons. The third-order valence-corrected chi connectivity index (χ3v) is 8.95. The quantitative estimate of drug-likeness (QED) is 0.265. The van der Waals surface area contributed by atoms with Gasteiger partial charge in [-0.25, -0.2) is 14.6 Å². The van der Waals surface area contributed by atoms with Crippen molar-refractivity contribution in [2.45, 2.75) is 57.5 Å². The van der Waals surface area contributed by atoms with Crippen LogP contribution in [0, 0.1) is 12.8 Å². The van der Waals surface area contributed by atoms with E-state index in [4.69, 9.17) is 18.6 Å². The molecule has 4 aromatic rings. The number of benzene rings is 3. The van der Waals surface area contributed by atoms with Gasteiger partial charge >= 0.3 is 12.1 Å². The average Bonchev–Trinajstić information content (AvgIpc) is 3.72. The number of alkyl carbamates (subject to hydrolysis) is 1. The zero-order valence-corrected chi connectivity index (χ0v) is 25.9. The third-order valence-electron chi connectivity index (χ3n) is 8.95. The molecule has 0 fully saturated rings. The van der Waals surface area contributed by atoms with Gasteiger partial charge in [-0.05, 0) is 41.2 Å². The Morgan fingerprint density at radius 1 is 1.07 bits per heavy atom. The second-order valence-corrected chi connectivity index (χ2v) is 12.2. The molecule has 0 radical (unpaired) electrons. The summed E-state index contributed by atoms with van der Waals surface area (Å²) >= 11 is 0. The fourth-order valence-corrected chi connectivity index (χ4v) is 6.67. The SMILES string of the molecule is COC(=O)c1nc2oc1[C@]13c4cc(ccc4OC1Nc1c(C)cccc13)C[C@H](NC(=O)OCc1ccccc1)C(=O)N[C@H]2C(C)C. The van der Waals surface area contributed by atoms with Gasteiger partial charge in [0.15, 0.2) is 17.7 Å². The number of carbonyl (C=O) groups excluding carboxylic acids is 3. The molecular formula is C35H34N4O7. The Bertz CT molecular complexity index is 1850. The first-order valence-corrected chi connectivity index (χ1v) is 15.2. The molecule has 46 heavy (non-hydrogen) atoms. The van der Waals surface area contributed by atoms with Crippen molar-refractivity contribution in [3.8, 4) is 5.75 Å². The lowest BCUT2D eigenvalue weighted by molar-refractivity contribution is -0.124. The Balaban J connectivity index is 1.37. The van der Waals surface area contributed by atoms with Crippen LogP contribution in [0.25, 0.3) is 0 Å². The lowest BCUT2D eigenvalue weighted by Crippen LogP contribution is -2.49. The van der Waals surface area contributed by atoms with Gasteiger partial charge in [0.25, 0.3) is 0 Å². The number of para-hydroxylation sites is 1. The van der Waals surface area contributed by atoms with Gasteiger partial charge in [0.05, 0.1) is 7.11 Å². The number of nitrogens with zero attached hydrogens (tertiary/aromatic N) is 1. The van der Waals surface area contributed by atoms with Gasteiger partial charge in [0.1, 0.15) is 29.9 Å². The van der Waals surface area contributed by atoms with Crippen LogP contribution in [0.4, 0.5) is 10.5 Å². The number of carbonyl (C=O) groups is 3. The average molecular weight is 623 g/mol. The van der Waals surface area contributed by atoms with Crippen LogP contribution in [0.5, 0.6) is 5.75 Å². The highest BCUT2D eigenvalue weighted by Crippen LogP contribution is 2.59. The Labute approximate surface area is 265 Å². The molecule has 2 amide bonds. The number of fused-ring (bicyclic) bond motifs is 4. The number of ether oxygens (including phenoxy) is 3. The van der Waals surface area contributed by atoms with Gasteiger partial charge < -0.3 is 34.6 Å². The number of anilines is 1. The van der Waals surface area contributed by atoms with Crippen LogP contribution in [0.2, 0.25) is 0 Å². The summed E-state index contributed by atoms with van der Waals surface area (Å²) in [5.74, 6) is -0.324. The maximum absolute atomic E-state index is 13.9. The van der Waals surface area contributed by atoms with Gasteiger partial charge in [-0.3, -0.25) is 4.79 Å². The van der Waals surface area contributed by atoms with Crippen molar-refractivity contribution >= 4 is 23.7 Å². The number of rotatable bonds is 5. The number of aromatic nitrogens is 1. The van der Waals surface area contributed by atoms with E-state index in [2.05, 4.69) is 20.9 Å². The zero-order chi connectivity index (χ0) is 32.2. The highest BCUT2D eigenvalue weighted by molar-refractivity contribution is 5.91. The summed E-state index contributed by atoms with van der Waals surface area (Å²) in [6.45, 7) is 5.87. The van der Waals surface area contributed by atoms with E-state index >= 15 is 0 Å². The molecule has 4 bridgehead atoms. The van der Waals surface area contributed by atoms with Gasteiger partial charge in [-0.1, -0.05) is 74.5 Å². The summed E-state index contributed by atoms with van der Waals surface area (Å²) in [5, 5.41) is 9.31. The Hall–Kier alpha value is -5.32. The number of amides is 2. The second-order valence-electron chi connectivity index (χ2n) is 12.2. The fourth-order valence-electron chi connectivity index (χ4n) is 6.67. The van der Waals surface area contributed by atoms with Crippen LogP contribution in [0.1, 0.15) is 69.8 Å². The first-order chi connectivity index (χ1) is 22.2. The van der Waals surface area contributed by atoms with Crippen LogP contribution >= 0.6 is 0 Å². The minimum atomic E-state index is -1.11. The van der Waals surface area contributed by atoms with Gasteiger partial charge in [0.2, 0.25) is 11.8 Å². The number of methoxy groups -OCH3 is 1. The molecule has 0 saturated carbocycles. The molecule has 11 heteroatoms. The van der Waals surface area contributed by atoms with Crippen molar-refractivity contribution in [2.24, 2.45) is 5.92 Å². The van der Waals surface area contributed by atoms with E-state index in [0.29, 0.717) is 5.75 Å². The molecule has 3 aliphatic rings. The molecule has 3 N–H and O–H groups in total. The van der Waals surface area contributed by atoms with Crippen LogP contribution in [0.15, 0.2) is 71.1 Å². The van der Waals surface area contributed by atoms with Crippen LogP contribution in [-0.4, -0.2) is 42.3 Å².